The second-order valence-corrected chi connectivity index (χ2v) is 12.5. The van der Waals surface area contributed by atoms with E-state index in [2.05, 4.69) is 38.2 Å². The van der Waals surface area contributed by atoms with Crippen LogP contribution in [0.3, 0.4) is 0 Å². The predicted molar refractivity (Wildman–Crippen MR) is 190 cm³/mol. The van der Waals surface area contributed by atoms with E-state index in [0.717, 1.165) is 38.5 Å². The van der Waals surface area contributed by atoms with Gasteiger partial charge in [-0.3, -0.25) is 0 Å². The maximum atomic E-state index is 8.85. The lowest BCUT2D eigenvalue weighted by Crippen LogP contribution is -1.97. The van der Waals surface area contributed by atoms with Gasteiger partial charge < -0.3 is 14.9 Å². The Balaban J connectivity index is 4.86. The number of hydrogen-bond acceptors (Lipinski definition) is 3. The Morgan fingerprint density at radius 2 is 0.721 bits per heavy atom. The van der Waals surface area contributed by atoms with Crippen molar-refractivity contribution in [3.63, 3.8) is 0 Å². The van der Waals surface area contributed by atoms with Crippen LogP contribution in [0.2, 0.25) is 0 Å². The van der Waals surface area contributed by atoms with Gasteiger partial charge in [-0.05, 0) is 76.4 Å². The average Bonchev–Trinajstić information content (AvgIpc) is 3.01. The largest absolute Gasteiger partial charge is 0.467 e. The molecular weight excluding hydrogens is 528 g/mol. The van der Waals surface area contributed by atoms with Gasteiger partial charge in [0.05, 0.1) is 24.7 Å². The molecule has 0 aromatic heterocycles. The van der Waals surface area contributed by atoms with Crippen molar-refractivity contribution >= 4 is 0 Å². The van der Waals surface area contributed by atoms with E-state index < -0.39 is 0 Å². The maximum absolute atomic E-state index is 8.85. The molecular formula is C40H74O3. The molecule has 0 saturated heterocycles. The fourth-order valence-electron chi connectivity index (χ4n) is 5.50. The Morgan fingerprint density at radius 1 is 0.395 bits per heavy atom. The zero-order chi connectivity index (χ0) is 31.3. The standard InChI is InChI=1S/C40H74O3/c1-3-5-7-9-21-27-33-39(35-29-23-17-13-11-15-19-25-31-37-41)43-40(34-28-22-10-8-6-4-2)36-30-24-18-14-12-16-20-26-32-38-42/h25-26,31-32,35-36,41-42H,3-24,27-30,33-34,37-38H2,1-2H3/b31-25?,32-26?,39-35+,40-36+. The molecule has 3 heteroatoms. The van der Waals surface area contributed by atoms with Crippen molar-refractivity contribution in [2.75, 3.05) is 13.2 Å². The molecule has 0 atom stereocenters. The van der Waals surface area contributed by atoms with Gasteiger partial charge in [-0.15, -0.1) is 0 Å². The topological polar surface area (TPSA) is 49.7 Å². The zero-order valence-electron chi connectivity index (χ0n) is 29.0. The van der Waals surface area contributed by atoms with Gasteiger partial charge in [-0.25, -0.2) is 0 Å². The maximum Gasteiger partial charge on any atom is 0.0996 e. The number of ether oxygens (including phenoxy) is 1. The number of aliphatic hydroxyl groups excluding tert-OH is 2. The molecule has 0 heterocycles. The molecule has 0 saturated carbocycles. The molecule has 2 N–H and O–H groups in total. The molecule has 43 heavy (non-hydrogen) atoms. The highest BCUT2D eigenvalue weighted by Gasteiger charge is 2.06. The summed E-state index contributed by atoms with van der Waals surface area (Å²) in [5, 5.41) is 17.7. The Bertz CT molecular complexity index is 605. The molecule has 0 amide bonds. The molecule has 0 radical (unpaired) electrons. The molecule has 3 nitrogen and oxygen atoms in total. The van der Waals surface area contributed by atoms with E-state index in [4.69, 9.17) is 14.9 Å². The lowest BCUT2D eigenvalue weighted by molar-refractivity contribution is 0.266. The van der Waals surface area contributed by atoms with E-state index in [1.54, 1.807) is 0 Å². The van der Waals surface area contributed by atoms with Crippen LogP contribution in [-0.4, -0.2) is 23.4 Å². The lowest BCUT2D eigenvalue weighted by atomic mass is 10.1. The van der Waals surface area contributed by atoms with Gasteiger partial charge >= 0.3 is 0 Å². The minimum atomic E-state index is 0.163. The zero-order valence-corrected chi connectivity index (χ0v) is 29.0. The van der Waals surface area contributed by atoms with Crippen LogP contribution in [0.4, 0.5) is 0 Å². The van der Waals surface area contributed by atoms with Gasteiger partial charge in [0.15, 0.2) is 0 Å². The first kappa shape index (κ1) is 41.7. The van der Waals surface area contributed by atoms with Crippen LogP contribution in [-0.2, 0) is 4.74 Å². The van der Waals surface area contributed by atoms with Crippen LogP contribution < -0.4 is 0 Å². The van der Waals surface area contributed by atoms with E-state index >= 15 is 0 Å². The van der Waals surface area contributed by atoms with Gasteiger partial charge in [-0.1, -0.05) is 141 Å². The van der Waals surface area contributed by atoms with Crippen molar-refractivity contribution in [3.8, 4) is 0 Å². The van der Waals surface area contributed by atoms with Crippen LogP contribution in [0.25, 0.3) is 0 Å². The van der Waals surface area contributed by atoms with Gasteiger partial charge in [0.2, 0.25) is 0 Å². The molecule has 252 valence electrons. The van der Waals surface area contributed by atoms with Crippen LogP contribution in [0, 0.1) is 0 Å². The number of unbranched alkanes of at least 4 members (excludes halogenated alkanes) is 22. The van der Waals surface area contributed by atoms with Gasteiger partial charge in [0.1, 0.15) is 0 Å². The molecule has 0 unspecified atom stereocenters. The van der Waals surface area contributed by atoms with E-state index in [9.17, 15) is 0 Å². The number of allylic oxidation sites excluding steroid dienone is 6. The van der Waals surface area contributed by atoms with Crippen molar-refractivity contribution in [1.29, 1.82) is 0 Å². The Labute approximate surface area is 269 Å². The minimum Gasteiger partial charge on any atom is -0.467 e. The van der Waals surface area contributed by atoms with Gasteiger partial charge in [-0.2, -0.15) is 0 Å². The summed E-state index contributed by atoms with van der Waals surface area (Å²) in [6.07, 6.45) is 48.0. The molecule has 0 aromatic rings. The van der Waals surface area contributed by atoms with Crippen molar-refractivity contribution < 1.29 is 14.9 Å². The Hall–Kier alpha value is -1.32. The monoisotopic (exact) mass is 603 g/mol. The van der Waals surface area contributed by atoms with E-state index in [1.165, 1.54) is 153 Å². The minimum absolute atomic E-state index is 0.163. The summed E-state index contributed by atoms with van der Waals surface area (Å²) in [6.45, 7) is 4.91. The molecule has 0 rings (SSSR count). The summed E-state index contributed by atoms with van der Waals surface area (Å²) >= 11 is 0. The van der Waals surface area contributed by atoms with E-state index in [1.807, 2.05) is 12.2 Å². The van der Waals surface area contributed by atoms with Crippen molar-refractivity contribution in [2.45, 2.75) is 194 Å². The first-order valence-electron chi connectivity index (χ1n) is 18.9. The van der Waals surface area contributed by atoms with E-state index in [0.29, 0.717) is 0 Å². The summed E-state index contributed by atoms with van der Waals surface area (Å²) in [5.74, 6) is 2.47. The normalized spacial score (nSPS) is 12.7. The third-order valence-corrected chi connectivity index (χ3v) is 8.25. The molecule has 0 bridgehead atoms. The molecule has 0 aliphatic carbocycles. The third-order valence-electron chi connectivity index (χ3n) is 8.25. The van der Waals surface area contributed by atoms with Gasteiger partial charge in [0.25, 0.3) is 0 Å². The summed E-state index contributed by atoms with van der Waals surface area (Å²) in [4.78, 5) is 0. The first-order valence-corrected chi connectivity index (χ1v) is 18.9. The molecule has 0 fully saturated rings. The quantitative estimate of drug-likeness (QED) is 0.0437. The third kappa shape index (κ3) is 33.4. The first-order chi connectivity index (χ1) is 21.3. The Kier molecular flexibility index (Phi) is 35.7. The highest BCUT2D eigenvalue weighted by molar-refractivity contribution is 5.03. The summed E-state index contributed by atoms with van der Waals surface area (Å²) < 4.78 is 6.74. The average molecular weight is 603 g/mol. The van der Waals surface area contributed by atoms with E-state index in [-0.39, 0.29) is 13.2 Å². The fourth-order valence-corrected chi connectivity index (χ4v) is 5.50. The number of hydrogen-bond donors (Lipinski definition) is 2. The second-order valence-electron chi connectivity index (χ2n) is 12.5. The number of aliphatic hydroxyl groups is 2. The van der Waals surface area contributed by atoms with Crippen LogP contribution in [0.15, 0.2) is 48.0 Å². The van der Waals surface area contributed by atoms with Crippen molar-refractivity contribution in [1.82, 2.24) is 0 Å². The SMILES string of the molecule is CCCCCCCC/C(=C\CCCCCCCC=CCO)O/C(=C/CCCCCCCC=CCO)CCCCCCCC. The second kappa shape index (κ2) is 36.9. The highest BCUT2D eigenvalue weighted by atomic mass is 16.5. The van der Waals surface area contributed by atoms with Crippen LogP contribution in [0.1, 0.15) is 194 Å². The molecule has 0 aliphatic heterocycles. The fraction of sp³-hybridized carbons (Fsp3) is 0.800. The van der Waals surface area contributed by atoms with Crippen LogP contribution >= 0.6 is 0 Å². The molecule has 0 spiro atoms. The van der Waals surface area contributed by atoms with Gasteiger partial charge in [0, 0.05) is 12.8 Å². The lowest BCUT2D eigenvalue weighted by Gasteiger charge is -2.15. The van der Waals surface area contributed by atoms with Crippen molar-refractivity contribution in [2.24, 2.45) is 0 Å². The molecule has 0 aliphatic rings. The molecule has 0 aromatic carbocycles. The van der Waals surface area contributed by atoms with Crippen molar-refractivity contribution in [3.05, 3.63) is 48.0 Å². The smallest absolute Gasteiger partial charge is 0.0996 e. The summed E-state index contributed by atoms with van der Waals surface area (Å²) in [5.41, 5.74) is 0. The Morgan fingerprint density at radius 3 is 1.09 bits per heavy atom. The van der Waals surface area contributed by atoms with Crippen LogP contribution in [0.5, 0.6) is 0 Å². The summed E-state index contributed by atoms with van der Waals surface area (Å²) in [6, 6.07) is 0. The number of rotatable bonds is 34. The highest BCUT2D eigenvalue weighted by Crippen LogP contribution is 2.23. The predicted octanol–water partition coefficient (Wildman–Crippen LogP) is 12.8. The summed E-state index contributed by atoms with van der Waals surface area (Å²) in [7, 11) is 0.